The maximum Gasteiger partial charge on any atom is -0.0272 e. The molecule has 0 aromatic carbocycles. The second-order valence-electron chi connectivity index (χ2n) is 11.8. The molecule has 0 amide bonds. The fourth-order valence-electron chi connectivity index (χ4n) is 6.59. The molecule has 2 unspecified atom stereocenters. The van der Waals surface area contributed by atoms with Gasteiger partial charge in [-0.3, -0.25) is 0 Å². The van der Waals surface area contributed by atoms with E-state index in [9.17, 15) is 0 Å². The first-order valence-electron chi connectivity index (χ1n) is 14.1. The topological polar surface area (TPSA) is 0 Å². The van der Waals surface area contributed by atoms with Crippen molar-refractivity contribution in [2.45, 2.75) is 168 Å². The van der Waals surface area contributed by atoms with E-state index in [2.05, 4.69) is 20.8 Å². The zero-order valence-electron chi connectivity index (χ0n) is 20.8. The molecule has 172 valence electrons. The summed E-state index contributed by atoms with van der Waals surface area (Å²) < 4.78 is 0. The highest BCUT2D eigenvalue weighted by Gasteiger charge is 2.42. The summed E-state index contributed by atoms with van der Waals surface area (Å²) in [5.41, 5.74) is 1.15. The molecule has 2 rings (SSSR count). The van der Waals surface area contributed by atoms with E-state index in [1.807, 2.05) is 0 Å². The summed E-state index contributed by atoms with van der Waals surface area (Å²) in [5, 5.41) is 0. The van der Waals surface area contributed by atoms with E-state index in [-0.39, 0.29) is 0 Å². The van der Waals surface area contributed by atoms with E-state index in [0.717, 1.165) is 5.92 Å². The van der Waals surface area contributed by atoms with Crippen molar-refractivity contribution in [1.82, 2.24) is 0 Å². The van der Waals surface area contributed by atoms with Gasteiger partial charge in [0.25, 0.3) is 0 Å². The van der Waals surface area contributed by atoms with Crippen LogP contribution in [0.3, 0.4) is 0 Å². The van der Waals surface area contributed by atoms with Gasteiger partial charge in [0, 0.05) is 0 Å². The quantitative estimate of drug-likeness (QED) is 0.407. The Morgan fingerprint density at radius 2 is 0.621 bits per heavy atom. The molecule has 0 N–H and O–H groups in total. The first kappa shape index (κ1) is 25.3. The van der Waals surface area contributed by atoms with Crippen LogP contribution in [0.15, 0.2) is 0 Å². The van der Waals surface area contributed by atoms with Crippen LogP contribution >= 0.6 is 0 Å². The van der Waals surface area contributed by atoms with Crippen molar-refractivity contribution >= 4 is 0 Å². The van der Waals surface area contributed by atoms with Crippen LogP contribution in [-0.2, 0) is 0 Å². The van der Waals surface area contributed by atoms with Gasteiger partial charge < -0.3 is 0 Å². The van der Waals surface area contributed by atoms with Crippen molar-refractivity contribution in [2.75, 3.05) is 0 Å². The number of hydrogen-bond donors (Lipinski definition) is 0. The van der Waals surface area contributed by atoms with Crippen molar-refractivity contribution in [3.8, 4) is 0 Å². The lowest BCUT2D eigenvalue weighted by molar-refractivity contribution is 0.0210. The minimum Gasteiger partial charge on any atom is -0.0625 e. The second-order valence-corrected chi connectivity index (χ2v) is 11.8. The Balaban J connectivity index is 2.03. The predicted molar refractivity (Wildman–Crippen MR) is 132 cm³/mol. The van der Waals surface area contributed by atoms with E-state index in [0.29, 0.717) is 10.8 Å². The van der Waals surface area contributed by atoms with E-state index in [4.69, 9.17) is 0 Å². The van der Waals surface area contributed by atoms with Crippen LogP contribution in [0.25, 0.3) is 0 Å². The van der Waals surface area contributed by atoms with Crippen molar-refractivity contribution < 1.29 is 0 Å². The van der Waals surface area contributed by atoms with E-state index < -0.39 is 0 Å². The molecule has 0 heterocycles. The van der Waals surface area contributed by atoms with E-state index in [1.165, 1.54) is 148 Å². The zero-order chi connectivity index (χ0) is 20.8. The van der Waals surface area contributed by atoms with Crippen LogP contribution in [0.2, 0.25) is 0 Å². The molecule has 0 aromatic rings. The van der Waals surface area contributed by atoms with Gasteiger partial charge in [-0.25, -0.2) is 0 Å². The standard InChI is InChI=1S/C29H56/c1-27-21-15-10-13-19-25-29(3,26-20-14-16-22-27)28(2)23-17-11-8-6-4-5-7-9-12-18-24-28/h27H,4-26H2,1-3H3. The van der Waals surface area contributed by atoms with E-state index >= 15 is 0 Å². The van der Waals surface area contributed by atoms with Crippen LogP contribution in [0.4, 0.5) is 0 Å². The van der Waals surface area contributed by atoms with Crippen LogP contribution in [0.1, 0.15) is 168 Å². The Morgan fingerprint density at radius 3 is 0.966 bits per heavy atom. The third-order valence-electron chi connectivity index (χ3n) is 9.27. The summed E-state index contributed by atoms with van der Waals surface area (Å²) in [6.45, 7) is 7.96. The first-order valence-corrected chi connectivity index (χ1v) is 14.1. The van der Waals surface area contributed by atoms with Crippen LogP contribution < -0.4 is 0 Å². The van der Waals surface area contributed by atoms with Gasteiger partial charge in [0.15, 0.2) is 0 Å². The monoisotopic (exact) mass is 404 g/mol. The highest BCUT2D eigenvalue weighted by atomic mass is 14.5. The van der Waals surface area contributed by atoms with Crippen LogP contribution in [0.5, 0.6) is 0 Å². The number of hydrogen-bond acceptors (Lipinski definition) is 0. The van der Waals surface area contributed by atoms with Gasteiger partial charge in [0.05, 0.1) is 0 Å². The molecular weight excluding hydrogens is 348 g/mol. The molecule has 0 spiro atoms. The Morgan fingerprint density at radius 1 is 0.379 bits per heavy atom. The normalized spacial score (nSPS) is 33.0. The molecule has 2 fully saturated rings. The largest absolute Gasteiger partial charge is 0.0625 e. The highest BCUT2D eigenvalue weighted by Crippen LogP contribution is 2.53. The molecule has 29 heavy (non-hydrogen) atoms. The first-order chi connectivity index (χ1) is 14.1. The van der Waals surface area contributed by atoms with Crippen molar-refractivity contribution in [2.24, 2.45) is 16.7 Å². The average molecular weight is 405 g/mol. The summed E-state index contributed by atoms with van der Waals surface area (Å²) in [5.74, 6) is 0.968. The molecule has 0 aliphatic heterocycles. The molecule has 2 atom stereocenters. The van der Waals surface area contributed by atoms with Gasteiger partial charge in [-0.05, 0) is 42.4 Å². The minimum atomic E-state index is 0.576. The molecule has 0 aromatic heterocycles. The summed E-state index contributed by atoms with van der Waals surface area (Å²) in [6.07, 6.45) is 34.3. The third-order valence-corrected chi connectivity index (χ3v) is 9.27. The van der Waals surface area contributed by atoms with Crippen molar-refractivity contribution in [3.05, 3.63) is 0 Å². The third kappa shape index (κ3) is 9.35. The second kappa shape index (κ2) is 14.1. The van der Waals surface area contributed by atoms with Gasteiger partial charge >= 0.3 is 0 Å². The Hall–Kier alpha value is 0. The molecule has 2 saturated carbocycles. The van der Waals surface area contributed by atoms with Gasteiger partial charge in [0.1, 0.15) is 0 Å². The zero-order valence-corrected chi connectivity index (χ0v) is 20.8. The molecule has 0 heteroatoms. The lowest BCUT2D eigenvalue weighted by atomic mass is 9.57. The molecule has 0 saturated heterocycles. The van der Waals surface area contributed by atoms with Crippen LogP contribution in [0, 0.1) is 16.7 Å². The van der Waals surface area contributed by atoms with Crippen LogP contribution in [-0.4, -0.2) is 0 Å². The number of rotatable bonds is 1. The molecule has 0 radical (unpaired) electrons. The van der Waals surface area contributed by atoms with Gasteiger partial charge in [-0.15, -0.1) is 0 Å². The molecule has 2 aliphatic rings. The molecule has 0 nitrogen and oxygen atoms in total. The van der Waals surface area contributed by atoms with Gasteiger partial charge in [0.2, 0.25) is 0 Å². The van der Waals surface area contributed by atoms with E-state index in [1.54, 1.807) is 0 Å². The minimum absolute atomic E-state index is 0.576. The fourth-order valence-corrected chi connectivity index (χ4v) is 6.59. The highest BCUT2D eigenvalue weighted by molar-refractivity contribution is 4.92. The summed E-state index contributed by atoms with van der Waals surface area (Å²) in [4.78, 5) is 0. The molecule has 0 bridgehead atoms. The Labute approximate surface area is 185 Å². The lowest BCUT2D eigenvalue weighted by Gasteiger charge is -2.48. The molecule has 2 aliphatic carbocycles. The van der Waals surface area contributed by atoms with Crippen molar-refractivity contribution in [3.63, 3.8) is 0 Å². The molecular formula is C29H56. The van der Waals surface area contributed by atoms with Gasteiger partial charge in [-0.2, -0.15) is 0 Å². The van der Waals surface area contributed by atoms with Gasteiger partial charge in [-0.1, -0.05) is 143 Å². The lowest BCUT2D eigenvalue weighted by Crippen LogP contribution is -2.38. The Bertz CT molecular complexity index is 383. The average Bonchev–Trinajstić information content (AvgIpc) is 2.73. The summed E-state index contributed by atoms with van der Waals surface area (Å²) in [6, 6.07) is 0. The smallest absolute Gasteiger partial charge is 0.0272 e. The predicted octanol–water partition coefficient (Wildman–Crippen LogP) is 10.6. The fraction of sp³-hybridized carbons (Fsp3) is 1.00. The van der Waals surface area contributed by atoms with Crippen molar-refractivity contribution in [1.29, 1.82) is 0 Å². The SMILES string of the molecule is CC1CCCCCCC(C)(C2(C)CCCCCCCCCCCC2)CCCCC1. The summed E-state index contributed by atoms with van der Waals surface area (Å²) in [7, 11) is 0. The Kier molecular flexibility index (Phi) is 12.3. The summed E-state index contributed by atoms with van der Waals surface area (Å²) >= 11 is 0. The maximum absolute atomic E-state index is 2.73. The maximum atomic E-state index is 2.73.